The average molecular weight is 326 g/mol. The van der Waals surface area contributed by atoms with Crippen LogP contribution in [-0.2, 0) is 0 Å². The van der Waals surface area contributed by atoms with Crippen LogP contribution in [-0.4, -0.2) is 5.11 Å². The molecule has 0 amide bonds. The van der Waals surface area contributed by atoms with E-state index in [1.54, 1.807) is 12.1 Å². The van der Waals surface area contributed by atoms with E-state index in [4.69, 9.17) is 0 Å². The minimum atomic E-state index is -1.06. The van der Waals surface area contributed by atoms with Crippen molar-refractivity contribution in [3.05, 3.63) is 34.1 Å². The topological polar surface area (TPSA) is 44.0 Å². The fourth-order valence-electron chi connectivity index (χ4n) is 2.74. The SMILES string of the molecule is CC1CCC(C#N)(C(O)c2ccc(Br)cc2F)CC1. The monoisotopic (exact) mass is 325 g/mol. The van der Waals surface area contributed by atoms with Crippen LogP contribution in [0.1, 0.15) is 44.3 Å². The van der Waals surface area contributed by atoms with Crippen LogP contribution in [0.15, 0.2) is 22.7 Å². The lowest BCUT2D eigenvalue weighted by Crippen LogP contribution is -2.32. The Morgan fingerprint density at radius 1 is 1.47 bits per heavy atom. The number of benzene rings is 1. The zero-order valence-electron chi connectivity index (χ0n) is 10.9. The Bertz CT molecular complexity index is 503. The Kier molecular flexibility index (Phi) is 4.27. The van der Waals surface area contributed by atoms with Gasteiger partial charge in [-0.1, -0.05) is 28.9 Å². The highest BCUT2D eigenvalue weighted by Crippen LogP contribution is 2.47. The lowest BCUT2D eigenvalue weighted by Gasteiger charge is -2.37. The lowest BCUT2D eigenvalue weighted by atomic mass is 9.67. The smallest absolute Gasteiger partial charge is 0.130 e. The molecule has 0 radical (unpaired) electrons. The number of hydrogen-bond donors (Lipinski definition) is 1. The second-order valence-corrected chi connectivity index (χ2v) is 6.43. The van der Waals surface area contributed by atoms with E-state index in [9.17, 15) is 14.8 Å². The van der Waals surface area contributed by atoms with Gasteiger partial charge in [0.25, 0.3) is 0 Å². The first-order valence-corrected chi connectivity index (χ1v) is 7.32. The normalized spacial score (nSPS) is 28.7. The van der Waals surface area contributed by atoms with Gasteiger partial charge >= 0.3 is 0 Å². The minimum Gasteiger partial charge on any atom is -0.387 e. The van der Waals surface area contributed by atoms with E-state index in [0.29, 0.717) is 23.2 Å². The Hall–Kier alpha value is -0.920. The third-order valence-corrected chi connectivity index (χ3v) is 4.66. The molecule has 102 valence electrons. The molecule has 0 aromatic heterocycles. The van der Waals surface area contributed by atoms with Gasteiger partial charge in [0.2, 0.25) is 0 Å². The molecule has 1 fully saturated rings. The maximum Gasteiger partial charge on any atom is 0.130 e. The first kappa shape index (κ1) is 14.5. The van der Waals surface area contributed by atoms with Gasteiger partial charge in [0.1, 0.15) is 11.9 Å². The number of rotatable bonds is 2. The van der Waals surface area contributed by atoms with Crippen LogP contribution in [0.3, 0.4) is 0 Å². The van der Waals surface area contributed by atoms with Crippen molar-refractivity contribution in [2.24, 2.45) is 11.3 Å². The van der Waals surface area contributed by atoms with Crippen molar-refractivity contribution in [1.82, 2.24) is 0 Å². The molecule has 0 bridgehead atoms. The van der Waals surface area contributed by atoms with Crippen LogP contribution >= 0.6 is 15.9 Å². The summed E-state index contributed by atoms with van der Waals surface area (Å²) in [6.07, 6.45) is 2.01. The van der Waals surface area contributed by atoms with Gasteiger partial charge in [0.15, 0.2) is 0 Å². The van der Waals surface area contributed by atoms with Crippen LogP contribution in [0.4, 0.5) is 4.39 Å². The van der Waals surface area contributed by atoms with Crippen molar-refractivity contribution in [1.29, 1.82) is 5.26 Å². The Balaban J connectivity index is 2.31. The van der Waals surface area contributed by atoms with Gasteiger partial charge in [-0.15, -0.1) is 0 Å². The second-order valence-electron chi connectivity index (χ2n) is 5.52. The van der Waals surface area contributed by atoms with E-state index >= 15 is 0 Å². The van der Waals surface area contributed by atoms with E-state index in [0.717, 1.165) is 12.8 Å². The van der Waals surface area contributed by atoms with E-state index in [2.05, 4.69) is 28.9 Å². The van der Waals surface area contributed by atoms with Crippen molar-refractivity contribution in [3.8, 4) is 6.07 Å². The van der Waals surface area contributed by atoms with Crippen molar-refractivity contribution < 1.29 is 9.50 Å². The quantitative estimate of drug-likeness (QED) is 0.878. The molecule has 1 saturated carbocycles. The third-order valence-electron chi connectivity index (χ3n) is 4.17. The molecule has 2 nitrogen and oxygen atoms in total. The van der Waals surface area contributed by atoms with Gasteiger partial charge in [0.05, 0.1) is 11.5 Å². The highest BCUT2D eigenvalue weighted by molar-refractivity contribution is 9.10. The van der Waals surface area contributed by atoms with Crippen LogP contribution in [0.5, 0.6) is 0 Å². The van der Waals surface area contributed by atoms with Gasteiger partial charge in [0, 0.05) is 10.0 Å². The maximum absolute atomic E-state index is 13.9. The summed E-state index contributed by atoms with van der Waals surface area (Å²) in [7, 11) is 0. The molecule has 1 atom stereocenters. The molecule has 2 rings (SSSR count). The van der Waals surface area contributed by atoms with Crippen LogP contribution in [0, 0.1) is 28.5 Å². The van der Waals surface area contributed by atoms with Gasteiger partial charge in [-0.2, -0.15) is 5.26 Å². The molecule has 1 aliphatic carbocycles. The largest absolute Gasteiger partial charge is 0.387 e. The molecular weight excluding hydrogens is 309 g/mol. The molecule has 1 N–H and O–H groups in total. The second kappa shape index (κ2) is 5.60. The molecule has 0 aliphatic heterocycles. The van der Waals surface area contributed by atoms with E-state index in [-0.39, 0.29) is 5.56 Å². The minimum absolute atomic E-state index is 0.222. The molecule has 19 heavy (non-hydrogen) atoms. The van der Waals surface area contributed by atoms with Gasteiger partial charge in [-0.05, 0) is 43.7 Å². The van der Waals surface area contributed by atoms with Crippen LogP contribution in [0.2, 0.25) is 0 Å². The number of nitrogens with zero attached hydrogens (tertiary/aromatic N) is 1. The Morgan fingerprint density at radius 2 is 2.11 bits per heavy atom. The van der Waals surface area contributed by atoms with Crippen LogP contribution < -0.4 is 0 Å². The number of halogens is 2. The number of aliphatic hydroxyl groups is 1. The van der Waals surface area contributed by atoms with E-state index in [1.807, 2.05) is 0 Å². The van der Waals surface area contributed by atoms with E-state index in [1.165, 1.54) is 6.07 Å². The molecule has 1 aromatic carbocycles. The number of hydrogen-bond acceptors (Lipinski definition) is 2. The highest BCUT2D eigenvalue weighted by Gasteiger charge is 2.42. The fourth-order valence-corrected chi connectivity index (χ4v) is 3.08. The summed E-state index contributed by atoms with van der Waals surface area (Å²) in [6, 6.07) is 6.83. The number of aliphatic hydroxyl groups excluding tert-OH is 1. The number of nitriles is 1. The zero-order valence-corrected chi connectivity index (χ0v) is 12.5. The Labute approximate surface area is 121 Å². The standard InChI is InChI=1S/C15H17BrFNO/c1-10-4-6-15(9-18,7-5-10)14(19)12-3-2-11(16)8-13(12)17/h2-3,8,10,14,19H,4-7H2,1H3. The van der Waals surface area contributed by atoms with Crippen LogP contribution in [0.25, 0.3) is 0 Å². The van der Waals surface area contributed by atoms with Crippen molar-refractivity contribution in [2.45, 2.75) is 38.7 Å². The fraction of sp³-hybridized carbons (Fsp3) is 0.533. The van der Waals surface area contributed by atoms with Gasteiger partial charge < -0.3 is 5.11 Å². The molecule has 4 heteroatoms. The van der Waals surface area contributed by atoms with Crippen molar-refractivity contribution in [3.63, 3.8) is 0 Å². The van der Waals surface area contributed by atoms with Crippen molar-refractivity contribution >= 4 is 15.9 Å². The predicted octanol–water partition coefficient (Wildman–Crippen LogP) is 4.34. The zero-order chi connectivity index (χ0) is 14.0. The molecule has 0 heterocycles. The molecule has 1 unspecified atom stereocenters. The average Bonchev–Trinajstić information content (AvgIpc) is 2.39. The molecular formula is C15H17BrFNO. The maximum atomic E-state index is 13.9. The molecule has 0 spiro atoms. The molecule has 1 aromatic rings. The first-order valence-electron chi connectivity index (χ1n) is 6.53. The molecule has 1 aliphatic rings. The summed E-state index contributed by atoms with van der Waals surface area (Å²) < 4.78 is 14.6. The summed E-state index contributed by atoms with van der Waals surface area (Å²) in [5, 5.41) is 19.9. The lowest BCUT2D eigenvalue weighted by molar-refractivity contribution is 0.0242. The highest BCUT2D eigenvalue weighted by atomic mass is 79.9. The summed E-state index contributed by atoms with van der Waals surface area (Å²) in [5.41, 5.74) is -0.624. The summed E-state index contributed by atoms with van der Waals surface area (Å²) in [5.74, 6) is 0.110. The van der Waals surface area contributed by atoms with Crippen molar-refractivity contribution in [2.75, 3.05) is 0 Å². The van der Waals surface area contributed by atoms with E-state index < -0.39 is 17.3 Å². The van der Waals surface area contributed by atoms with Gasteiger partial charge in [-0.25, -0.2) is 4.39 Å². The first-order chi connectivity index (χ1) is 8.98. The molecule has 0 saturated heterocycles. The summed E-state index contributed by atoms with van der Waals surface area (Å²) in [6.45, 7) is 2.15. The van der Waals surface area contributed by atoms with Gasteiger partial charge in [-0.3, -0.25) is 0 Å². The third kappa shape index (κ3) is 2.82. The Morgan fingerprint density at radius 3 is 2.63 bits per heavy atom. The summed E-state index contributed by atoms with van der Waals surface area (Å²) in [4.78, 5) is 0. The summed E-state index contributed by atoms with van der Waals surface area (Å²) >= 11 is 3.19. The predicted molar refractivity (Wildman–Crippen MR) is 74.7 cm³/mol.